The standard InChI is InChI=1S/C16H21NO3/c1-2-20-15-7-3-11(4-8-15)16(19)17-12-5-6-13(17)10-14(18)9-12/h3-4,7-8,12-14,18H,2,5-6,9-10H2,1H3. The second-order valence-electron chi connectivity index (χ2n) is 5.68. The van der Waals surface area contributed by atoms with Gasteiger partial charge in [-0.05, 0) is 56.9 Å². The molecule has 20 heavy (non-hydrogen) atoms. The van der Waals surface area contributed by atoms with E-state index < -0.39 is 0 Å². The number of aliphatic hydroxyl groups excluding tert-OH is 1. The molecule has 0 aromatic heterocycles. The number of amides is 1. The van der Waals surface area contributed by atoms with Crippen molar-refractivity contribution in [2.45, 2.75) is 50.8 Å². The van der Waals surface area contributed by atoms with Gasteiger partial charge < -0.3 is 14.7 Å². The van der Waals surface area contributed by atoms with Gasteiger partial charge in [-0.25, -0.2) is 0 Å². The molecule has 0 spiro atoms. The van der Waals surface area contributed by atoms with Crippen LogP contribution in [0.2, 0.25) is 0 Å². The average Bonchev–Trinajstić information content (AvgIpc) is 2.71. The van der Waals surface area contributed by atoms with Gasteiger partial charge in [-0.1, -0.05) is 0 Å². The van der Waals surface area contributed by atoms with Crippen LogP contribution in [-0.2, 0) is 0 Å². The summed E-state index contributed by atoms with van der Waals surface area (Å²) >= 11 is 0. The molecule has 3 rings (SSSR count). The topological polar surface area (TPSA) is 49.8 Å². The molecule has 1 N–H and O–H groups in total. The Morgan fingerprint density at radius 1 is 1.25 bits per heavy atom. The van der Waals surface area contributed by atoms with E-state index in [1.807, 2.05) is 36.1 Å². The average molecular weight is 275 g/mol. The summed E-state index contributed by atoms with van der Waals surface area (Å²) in [7, 11) is 0. The minimum Gasteiger partial charge on any atom is -0.494 e. The molecule has 4 nitrogen and oxygen atoms in total. The van der Waals surface area contributed by atoms with Crippen molar-refractivity contribution in [3.05, 3.63) is 29.8 Å². The van der Waals surface area contributed by atoms with Crippen molar-refractivity contribution >= 4 is 5.91 Å². The molecule has 4 heteroatoms. The van der Waals surface area contributed by atoms with Gasteiger partial charge in [-0.3, -0.25) is 4.79 Å². The maximum atomic E-state index is 12.6. The van der Waals surface area contributed by atoms with Crippen LogP contribution in [0.15, 0.2) is 24.3 Å². The molecule has 0 saturated carbocycles. The summed E-state index contributed by atoms with van der Waals surface area (Å²) in [5, 5.41) is 9.80. The Balaban J connectivity index is 1.76. The summed E-state index contributed by atoms with van der Waals surface area (Å²) in [6, 6.07) is 7.77. The lowest BCUT2D eigenvalue weighted by atomic mass is 9.98. The molecule has 0 radical (unpaired) electrons. The zero-order chi connectivity index (χ0) is 14.1. The van der Waals surface area contributed by atoms with E-state index in [1.54, 1.807) is 0 Å². The van der Waals surface area contributed by atoms with Crippen molar-refractivity contribution in [2.75, 3.05) is 6.61 Å². The molecule has 2 saturated heterocycles. The minimum absolute atomic E-state index is 0.0902. The Hall–Kier alpha value is -1.55. The Labute approximate surface area is 119 Å². The fraction of sp³-hybridized carbons (Fsp3) is 0.562. The van der Waals surface area contributed by atoms with E-state index in [1.165, 1.54) is 0 Å². The van der Waals surface area contributed by atoms with Crippen LogP contribution in [0.3, 0.4) is 0 Å². The van der Waals surface area contributed by atoms with Gasteiger partial charge in [0, 0.05) is 17.6 Å². The van der Waals surface area contributed by atoms with Crippen LogP contribution in [0.5, 0.6) is 5.75 Å². The van der Waals surface area contributed by atoms with E-state index in [4.69, 9.17) is 4.74 Å². The van der Waals surface area contributed by atoms with E-state index in [0.29, 0.717) is 12.2 Å². The zero-order valence-electron chi connectivity index (χ0n) is 11.8. The first-order valence-corrected chi connectivity index (χ1v) is 7.42. The van der Waals surface area contributed by atoms with Crippen molar-refractivity contribution in [1.29, 1.82) is 0 Å². The fourth-order valence-electron chi connectivity index (χ4n) is 3.49. The van der Waals surface area contributed by atoms with Crippen LogP contribution >= 0.6 is 0 Å². The lowest BCUT2D eigenvalue weighted by Gasteiger charge is -2.37. The molecule has 1 amide bonds. The van der Waals surface area contributed by atoms with Gasteiger partial charge in [-0.15, -0.1) is 0 Å². The Morgan fingerprint density at radius 2 is 1.85 bits per heavy atom. The number of hydrogen-bond acceptors (Lipinski definition) is 3. The van der Waals surface area contributed by atoms with Crippen LogP contribution in [0.25, 0.3) is 0 Å². The molecular formula is C16H21NO3. The normalized spacial score (nSPS) is 28.5. The highest BCUT2D eigenvalue weighted by Gasteiger charge is 2.42. The second kappa shape index (κ2) is 5.44. The van der Waals surface area contributed by atoms with E-state index in [-0.39, 0.29) is 24.1 Å². The Kier molecular flexibility index (Phi) is 3.66. The van der Waals surface area contributed by atoms with Gasteiger partial charge in [0.1, 0.15) is 5.75 Å². The lowest BCUT2D eigenvalue weighted by molar-refractivity contribution is 0.0287. The van der Waals surface area contributed by atoms with E-state index in [0.717, 1.165) is 31.4 Å². The van der Waals surface area contributed by atoms with Gasteiger partial charge in [0.25, 0.3) is 5.91 Å². The number of piperidine rings is 1. The summed E-state index contributed by atoms with van der Waals surface area (Å²) < 4.78 is 5.40. The predicted octanol–water partition coefficient (Wildman–Crippen LogP) is 2.21. The summed E-state index contributed by atoms with van der Waals surface area (Å²) in [5.41, 5.74) is 0.710. The third kappa shape index (κ3) is 2.40. The summed E-state index contributed by atoms with van der Waals surface area (Å²) in [4.78, 5) is 14.6. The maximum Gasteiger partial charge on any atom is 0.254 e. The number of ether oxygens (including phenoxy) is 1. The Morgan fingerprint density at radius 3 is 2.40 bits per heavy atom. The first-order chi connectivity index (χ1) is 9.69. The number of rotatable bonds is 3. The number of carbonyl (C=O) groups is 1. The van der Waals surface area contributed by atoms with Crippen molar-refractivity contribution < 1.29 is 14.6 Å². The largest absolute Gasteiger partial charge is 0.494 e. The SMILES string of the molecule is CCOc1ccc(C(=O)N2C3CCC2CC(O)C3)cc1. The van der Waals surface area contributed by atoms with Crippen LogP contribution in [-0.4, -0.2) is 40.7 Å². The second-order valence-corrected chi connectivity index (χ2v) is 5.68. The molecule has 2 heterocycles. The van der Waals surface area contributed by atoms with Crippen LogP contribution in [0.4, 0.5) is 0 Å². The van der Waals surface area contributed by atoms with Gasteiger partial charge in [-0.2, -0.15) is 0 Å². The van der Waals surface area contributed by atoms with Crippen LogP contribution in [0, 0.1) is 0 Å². The summed E-state index contributed by atoms with van der Waals surface area (Å²) in [5.74, 6) is 0.883. The van der Waals surface area contributed by atoms with E-state index in [2.05, 4.69) is 0 Å². The highest BCUT2D eigenvalue weighted by Crippen LogP contribution is 2.36. The maximum absolute atomic E-state index is 12.6. The van der Waals surface area contributed by atoms with Gasteiger partial charge in [0.15, 0.2) is 0 Å². The number of hydrogen-bond donors (Lipinski definition) is 1. The number of carbonyl (C=O) groups excluding carboxylic acids is 1. The molecule has 2 bridgehead atoms. The number of nitrogens with zero attached hydrogens (tertiary/aromatic N) is 1. The molecular weight excluding hydrogens is 254 g/mol. The quantitative estimate of drug-likeness (QED) is 0.920. The minimum atomic E-state index is -0.239. The molecule has 2 fully saturated rings. The van der Waals surface area contributed by atoms with Gasteiger partial charge in [0.2, 0.25) is 0 Å². The highest BCUT2D eigenvalue weighted by molar-refractivity contribution is 5.95. The molecule has 2 aliphatic heterocycles. The van der Waals surface area contributed by atoms with E-state index in [9.17, 15) is 9.90 Å². The number of benzene rings is 1. The molecule has 2 aliphatic rings. The summed E-state index contributed by atoms with van der Waals surface area (Å²) in [6.45, 7) is 2.57. The molecule has 0 aliphatic carbocycles. The first kappa shape index (κ1) is 13.4. The van der Waals surface area contributed by atoms with Crippen molar-refractivity contribution in [2.24, 2.45) is 0 Å². The van der Waals surface area contributed by atoms with Crippen LogP contribution < -0.4 is 4.74 Å². The van der Waals surface area contributed by atoms with Crippen molar-refractivity contribution in [3.8, 4) is 5.75 Å². The van der Waals surface area contributed by atoms with Gasteiger partial charge >= 0.3 is 0 Å². The van der Waals surface area contributed by atoms with E-state index >= 15 is 0 Å². The smallest absolute Gasteiger partial charge is 0.254 e. The first-order valence-electron chi connectivity index (χ1n) is 7.42. The fourth-order valence-corrected chi connectivity index (χ4v) is 3.49. The van der Waals surface area contributed by atoms with Crippen molar-refractivity contribution in [1.82, 2.24) is 4.90 Å². The highest BCUT2D eigenvalue weighted by atomic mass is 16.5. The number of fused-ring (bicyclic) bond motifs is 2. The third-order valence-corrected chi connectivity index (χ3v) is 4.35. The van der Waals surface area contributed by atoms with Crippen LogP contribution in [0.1, 0.15) is 43.0 Å². The van der Waals surface area contributed by atoms with Crippen molar-refractivity contribution in [3.63, 3.8) is 0 Å². The molecule has 108 valence electrons. The Bertz CT molecular complexity index is 471. The van der Waals surface area contributed by atoms with Gasteiger partial charge in [0.05, 0.1) is 12.7 Å². The molecule has 1 aromatic rings. The molecule has 2 unspecified atom stereocenters. The summed E-state index contributed by atoms with van der Waals surface area (Å²) in [6.07, 6.45) is 3.24. The monoisotopic (exact) mass is 275 g/mol. The number of aliphatic hydroxyl groups is 1. The lowest BCUT2D eigenvalue weighted by Crippen LogP contribution is -2.47. The third-order valence-electron chi connectivity index (χ3n) is 4.35. The predicted molar refractivity (Wildman–Crippen MR) is 75.8 cm³/mol. The zero-order valence-corrected chi connectivity index (χ0v) is 11.8. The molecule has 2 atom stereocenters. The molecule has 1 aromatic carbocycles.